The highest BCUT2D eigenvalue weighted by Crippen LogP contribution is 2.64. The lowest BCUT2D eigenvalue weighted by Crippen LogP contribution is -2.61. The van der Waals surface area contributed by atoms with Gasteiger partial charge in [-0.1, -0.05) is 112 Å². The molecule has 4 unspecified atom stereocenters. The van der Waals surface area contributed by atoms with Crippen LogP contribution in [0, 0.1) is 34.6 Å². The van der Waals surface area contributed by atoms with E-state index in [0.29, 0.717) is 0 Å². The van der Waals surface area contributed by atoms with Gasteiger partial charge < -0.3 is 28.4 Å². The molecule has 0 amide bonds. The number of rotatable bonds is 4. The summed E-state index contributed by atoms with van der Waals surface area (Å²) in [6, 6.07) is 60.5. The Balaban J connectivity index is 0.974. The summed E-state index contributed by atoms with van der Waals surface area (Å²) in [4.78, 5) is 10.9. The normalized spacial score (nSPS) is 23.1. The first-order chi connectivity index (χ1) is 39.7. The maximum atomic E-state index is 6.78. The molecule has 9 aromatic carbocycles. The molecule has 82 heavy (non-hydrogen) atoms. The summed E-state index contributed by atoms with van der Waals surface area (Å²) in [5, 5.41) is 4.49. The molecule has 4 atom stereocenters. The summed E-state index contributed by atoms with van der Waals surface area (Å²) >= 11 is 0. The maximum absolute atomic E-state index is 6.78. The van der Waals surface area contributed by atoms with E-state index in [1.807, 2.05) is 0 Å². The molecule has 2 aliphatic carbocycles. The van der Waals surface area contributed by atoms with Gasteiger partial charge in [-0.15, -0.1) is 0 Å². The van der Waals surface area contributed by atoms with Gasteiger partial charge in [-0.3, -0.25) is 0 Å². The number of anilines is 10. The first-order valence-corrected chi connectivity index (χ1v) is 30.4. The molecule has 2 aromatic heterocycles. The lowest BCUT2D eigenvalue weighted by atomic mass is 9.33. The highest BCUT2D eigenvalue weighted by Gasteiger charge is 2.60. The van der Waals surface area contributed by atoms with Gasteiger partial charge in [0.1, 0.15) is 22.3 Å². The van der Waals surface area contributed by atoms with E-state index in [1.165, 1.54) is 139 Å². The second-order valence-electron chi connectivity index (χ2n) is 26.6. The van der Waals surface area contributed by atoms with Crippen molar-refractivity contribution in [2.75, 3.05) is 19.6 Å². The Morgan fingerprint density at radius 3 is 1.24 bits per heavy atom. The molecule has 0 spiro atoms. The van der Waals surface area contributed by atoms with E-state index < -0.39 is 0 Å². The van der Waals surface area contributed by atoms with Crippen LogP contribution in [-0.2, 0) is 10.8 Å². The Hall–Kier alpha value is -8.16. The molecule has 7 heteroatoms. The molecule has 11 aromatic rings. The molecule has 0 bridgehead atoms. The Bertz CT molecular complexity index is 4340. The van der Waals surface area contributed by atoms with Crippen molar-refractivity contribution in [3.63, 3.8) is 0 Å². The van der Waals surface area contributed by atoms with Crippen molar-refractivity contribution >= 4 is 124 Å². The predicted molar refractivity (Wildman–Crippen MR) is 344 cm³/mol. The lowest BCUT2D eigenvalue weighted by molar-refractivity contribution is 0.194. The molecule has 17 rings (SSSR count). The summed E-state index contributed by atoms with van der Waals surface area (Å²) < 4.78 is 13.6. The second kappa shape index (κ2) is 16.5. The average molecular weight is 1070 g/mol. The molecule has 2 fully saturated rings. The van der Waals surface area contributed by atoms with E-state index in [1.54, 1.807) is 0 Å². The molecule has 2 saturated carbocycles. The molecule has 6 nitrogen and oxygen atoms in total. The highest BCUT2D eigenvalue weighted by atomic mass is 16.3. The number of aryl methyl sites for hydroxylation is 5. The number of benzene rings is 9. The SMILES string of the molecule is Cc1cc2c3c(c1)N(c1cccc4oc5ccccc5c14)c1cc(N4c5cc(C)cc(C)c5C5(C)CCCCC45C)ccc1B3c1ccc(N3c4cc(C)cc(C)c4C4(C)CCCCC34C)cc1N2c1cccc2oc3ccccc3c12. The summed E-state index contributed by atoms with van der Waals surface area (Å²) in [6.07, 6.45) is 9.56. The molecule has 0 saturated heterocycles. The largest absolute Gasteiger partial charge is 0.456 e. The van der Waals surface area contributed by atoms with Crippen molar-refractivity contribution in [1.82, 2.24) is 0 Å². The van der Waals surface area contributed by atoms with Crippen LogP contribution < -0.4 is 36.0 Å². The average Bonchev–Trinajstić information content (AvgIpc) is 1.51. The van der Waals surface area contributed by atoms with Crippen molar-refractivity contribution < 1.29 is 8.83 Å². The third-order valence-corrected chi connectivity index (χ3v) is 22.0. The van der Waals surface area contributed by atoms with Crippen LogP contribution >= 0.6 is 0 Å². The van der Waals surface area contributed by atoms with E-state index in [9.17, 15) is 0 Å². The van der Waals surface area contributed by atoms with Crippen molar-refractivity contribution in [1.29, 1.82) is 0 Å². The molecule has 0 N–H and O–H groups in total. The summed E-state index contributed by atoms with van der Waals surface area (Å²) in [5.74, 6) is 0. The third-order valence-electron chi connectivity index (χ3n) is 22.0. The van der Waals surface area contributed by atoms with Gasteiger partial charge in [-0.2, -0.15) is 0 Å². The van der Waals surface area contributed by atoms with Crippen LogP contribution in [0.15, 0.2) is 167 Å². The Morgan fingerprint density at radius 1 is 0.378 bits per heavy atom. The highest BCUT2D eigenvalue weighted by molar-refractivity contribution is 7.00. The molecular weight excluding hydrogens is 1000 g/mol. The monoisotopic (exact) mass is 1070 g/mol. The zero-order chi connectivity index (χ0) is 55.5. The Morgan fingerprint density at radius 2 is 0.780 bits per heavy atom. The molecule has 4 aliphatic heterocycles. The number of nitrogens with zero attached hydrogens (tertiary/aromatic N) is 4. The van der Waals surface area contributed by atoms with Gasteiger partial charge in [0.2, 0.25) is 0 Å². The first-order valence-electron chi connectivity index (χ1n) is 30.4. The van der Waals surface area contributed by atoms with Gasteiger partial charge in [0.25, 0.3) is 6.71 Å². The topological polar surface area (TPSA) is 39.2 Å². The van der Waals surface area contributed by atoms with Gasteiger partial charge in [0.15, 0.2) is 0 Å². The first kappa shape index (κ1) is 48.5. The molecular formula is C75H69BN4O2. The van der Waals surface area contributed by atoms with Gasteiger partial charge in [-0.25, -0.2) is 0 Å². The van der Waals surface area contributed by atoms with Crippen molar-refractivity contribution in [3.05, 3.63) is 197 Å². The van der Waals surface area contributed by atoms with Gasteiger partial charge >= 0.3 is 0 Å². The Kier molecular flexibility index (Phi) is 9.78. The van der Waals surface area contributed by atoms with E-state index in [-0.39, 0.29) is 28.6 Å². The predicted octanol–water partition coefficient (Wildman–Crippen LogP) is 18.6. The summed E-state index contributed by atoms with van der Waals surface area (Å²) in [7, 11) is 0. The molecule has 404 valence electrons. The van der Waals surface area contributed by atoms with Crippen LogP contribution in [-0.4, -0.2) is 17.8 Å². The van der Waals surface area contributed by atoms with Gasteiger partial charge in [0.05, 0.1) is 33.2 Å². The van der Waals surface area contributed by atoms with E-state index in [4.69, 9.17) is 8.83 Å². The zero-order valence-corrected chi connectivity index (χ0v) is 48.9. The zero-order valence-electron chi connectivity index (χ0n) is 48.9. The molecule has 0 radical (unpaired) electrons. The minimum atomic E-state index is -0.120. The summed E-state index contributed by atoms with van der Waals surface area (Å²) in [5.41, 5.74) is 29.2. The standard InChI is InChI=1S/C75H69BN4O2/c1-44-36-47(4)69-59(38-44)79(74(8)34-16-14-32-72(69,74)6)49-28-30-53-57(42-49)77(55-22-18-26-65-67(55)51-20-10-12-24-63(51)81-65)61-40-46(3)41-62-71(61)76(53)54-31-29-50(80-60-39-45(2)37-48(5)70(60)73(7)33-15-17-35-75(73,80)9)43-58(54)78(62)56-23-19-27-66-68(56)52-21-11-13-25-64(52)82-66/h10-13,18-31,36-43H,14-17,32-35H2,1-9H3. The fraction of sp³-hybridized carbons (Fsp3) is 0.280. The minimum absolute atomic E-state index is 0.000102. The van der Waals surface area contributed by atoms with Crippen LogP contribution in [0.25, 0.3) is 43.9 Å². The number of furan rings is 2. The van der Waals surface area contributed by atoms with E-state index in [0.717, 1.165) is 68.1 Å². The van der Waals surface area contributed by atoms with Crippen LogP contribution in [0.4, 0.5) is 56.9 Å². The molecule has 6 aliphatic rings. The quantitative estimate of drug-likeness (QED) is 0.164. The fourth-order valence-electron chi connectivity index (χ4n) is 18.3. The fourth-order valence-corrected chi connectivity index (χ4v) is 18.3. The molecule has 6 heterocycles. The number of para-hydroxylation sites is 2. The number of hydrogen-bond donors (Lipinski definition) is 0. The van der Waals surface area contributed by atoms with Crippen LogP contribution in [0.1, 0.15) is 118 Å². The second-order valence-corrected chi connectivity index (χ2v) is 26.6. The van der Waals surface area contributed by atoms with E-state index in [2.05, 4.69) is 240 Å². The van der Waals surface area contributed by atoms with Crippen LogP contribution in [0.5, 0.6) is 0 Å². The maximum Gasteiger partial charge on any atom is 0.252 e. The van der Waals surface area contributed by atoms with Crippen LogP contribution in [0.2, 0.25) is 0 Å². The Labute approximate surface area is 482 Å². The summed E-state index contributed by atoms with van der Waals surface area (Å²) in [6.45, 7) is 21.8. The van der Waals surface area contributed by atoms with Gasteiger partial charge in [-0.05, 0) is 214 Å². The lowest BCUT2D eigenvalue weighted by Gasteiger charge is -2.51. The van der Waals surface area contributed by atoms with Crippen molar-refractivity contribution in [2.45, 2.75) is 136 Å². The van der Waals surface area contributed by atoms with E-state index >= 15 is 0 Å². The minimum Gasteiger partial charge on any atom is -0.456 e. The number of hydrogen-bond acceptors (Lipinski definition) is 6. The smallest absolute Gasteiger partial charge is 0.252 e. The van der Waals surface area contributed by atoms with Gasteiger partial charge in [0, 0.05) is 67.1 Å². The van der Waals surface area contributed by atoms with Crippen LogP contribution in [0.3, 0.4) is 0 Å². The van der Waals surface area contributed by atoms with Crippen molar-refractivity contribution in [3.8, 4) is 0 Å². The third kappa shape index (κ3) is 6.06. The number of fused-ring (bicyclic) bond motifs is 16. The van der Waals surface area contributed by atoms with Crippen molar-refractivity contribution in [2.24, 2.45) is 0 Å².